The lowest BCUT2D eigenvalue weighted by Gasteiger charge is -2.20. The first-order valence-corrected chi connectivity index (χ1v) is 6.21. The molecule has 0 fully saturated rings. The molecular formula is C11H18IN3. The van der Waals surface area contributed by atoms with Crippen LogP contribution in [0.4, 0.5) is 0 Å². The first-order valence-electron chi connectivity index (χ1n) is 5.13. The van der Waals surface area contributed by atoms with E-state index in [1.807, 2.05) is 0 Å². The summed E-state index contributed by atoms with van der Waals surface area (Å²) in [6, 6.07) is 8.56. The zero-order valence-electron chi connectivity index (χ0n) is 8.82. The van der Waals surface area contributed by atoms with E-state index in [0.29, 0.717) is 13.1 Å². The Morgan fingerprint density at radius 3 is 2.00 bits per heavy atom. The van der Waals surface area contributed by atoms with Crippen LogP contribution in [0.1, 0.15) is 5.56 Å². The van der Waals surface area contributed by atoms with Crippen molar-refractivity contribution in [3.8, 4) is 0 Å². The minimum absolute atomic E-state index is 0.685. The fourth-order valence-corrected chi connectivity index (χ4v) is 1.84. The summed E-state index contributed by atoms with van der Waals surface area (Å²) < 4.78 is 1.26. The lowest BCUT2D eigenvalue weighted by molar-refractivity contribution is 0.281. The third-order valence-electron chi connectivity index (χ3n) is 2.21. The van der Waals surface area contributed by atoms with Crippen LogP contribution in [-0.4, -0.2) is 31.1 Å². The van der Waals surface area contributed by atoms with Gasteiger partial charge < -0.3 is 11.5 Å². The van der Waals surface area contributed by atoms with Gasteiger partial charge in [0.25, 0.3) is 0 Å². The van der Waals surface area contributed by atoms with Gasteiger partial charge in [0.15, 0.2) is 0 Å². The van der Waals surface area contributed by atoms with Gasteiger partial charge in [0, 0.05) is 36.3 Å². The fourth-order valence-electron chi connectivity index (χ4n) is 1.48. The molecule has 0 saturated carbocycles. The van der Waals surface area contributed by atoms with E-state index in [1.54, 1.807) is 0 Å². The topological polar surface area (TPSA) is 55.3 Å². The van der Waals surface area contributed by atoms with Crippen molar-refractivity contribution < 1.29 is 0 Å². The molecule has 15 heavy (non-hydrogen) atoms. The molecule has 1 rings (SSSR count). The number of benzene rings is 1. The zero-order valence-corrected chi connectivity index (χ0v) is 11.0. The second kappa shape index (κ2) is 7.16. The van der Waals surface area contributed by atoms with Gasteiger partial charge in [-0.1, -0.05) is 12.1 Å². The van der Waals surface area contributed by atoms with E-state index in [4.69, 9.17) is 11.5 Å². The molecule has 0 aliphatic carbocycles. The Kier molecular flexibility index (Phi) is 6.16. The number of rotatable bonds is 6. The van der Waals surface area contributed by atoms with Crippen LogP contribution in [0.3, 0.4) is 0 Å². The highest BCUT2D eigenvalue weighted by Crippen LogP contribution is 2.08. The summed E-state index contributed by atoms with van der Waals surface area (Å²) in [4.78, 5) is 2.28. The molecule has 0 heterocycles. The molecule has 0 saturated heterocycles. The molecule has 3 nitrogen and oxygen atoms in total. The molecule has 0 atom stereocenters. The summed E-state index contributed by atoms with van der Waals surface area (Å²) in [6.45, 7) is 4.12. The first-order chi connectivity index (χ1) is 7.26. The first kappa shape index (κ1) is 12.9. The number of hydrogen-bond acceptors (Lipinski definition) is 3. The predicted octanol–water partition coefficient (Wildman–Crippen LogP) is 1.01. The van der Waals surface area contributed by atoms with Crippen LogP contribution >= 0.6 is 22.6 Å². The Balaban J connectivity index is 2.53. The Morgan fingerprint density at radius 1 is 1.00 bits per heavy atom. The highest BCUT2D eigenvalue weighted by atomic mass is 127. The second-order valence-electron chi connectivity index (χ2n) is 3.48. The summed E-state index contributed by atoms with van der Waals surface area (Å²) in [5, 5.41) is 0. The van der Waals surface area contributed by atoms with Crippen molar-refractivity contribution in [1.82, 2.24) is 4.90 Å². The van der Waals surface area contributed by atoms with Gasteiger partial charge in [-0.25, -0.2) is 0 Å². The van der Waals surface area contributed by atoms with Crippen molar-refractivity contribution >= 4 is 22.6 Å². The molecule has 0 aliphatic heterocycles. The van der Waals surface area contributed by atoms with Crippen LogP contribution in [0.25, 0.3) is 0 Å². The Morgan fingerprint density at radius 2 is 1.53 bits per heavy atom. The summed E-state index contributed by atoms with van der Waals surface area (Å²) in [6.07, 6.45) is 0. The van der Waals surface area contributed by atoms with Crippen molar-refractivity contribution in [3.63, 3.8) is 0 Å². The maximum absolute atomic E-state index is 5.55. The van der Waals surface area contributed by atoms with Crippen LogP contribution in [-0.2, 0) is 6.54 Å². The van der Waals surface area contributed by atoms with E-state index in [-0.39, 0.29) is 0 Å². The molecule has 0 radical (unpaired) electrons. The van der Waals surface area contributed by atoms with Crippen LogP contribution in [0.15, 0.2) is 24.3 Å². The van der Waals surface area contributed by atoms with Crippen molar-refractivity contribution in [2.75, 3.05) is 26.2 Å². The Hall–Kier alpha value is -0.170. The largest absolute Gasteiger partial charge is 0.329 e. The van der Waals surface area contributed by atoms with E-state index < -0.39 is 0 Å². The SMILES string of the molecule is NCCN(CCN)Cc1ccc(I)cc1. The summed E-state index contributed by atoms with van der Waals surface area (Å²) in [5.41, 5.74) is 12.4. The molecule has 0 spiro atoms. The molecule has 0 aliphatic rings. The number of hydrogen-bond donors (Lipinski definition) is 2. The maximum Gasteiger partial charge on any atom is 0.0234 e. The number of nitrogens with two attached hydrogens (primary N) is 2. The van der Waals surface area contributed by atoms with E-state index in [2.05, 4.69) is 51.8 Å². The van der Waals surface area contributed by atoms with Crippen molar-refractivity contribution in [1.29, 1.82) is 0 Å². The quantitative estimate of drug-likeness (QED) is 0.770. The standard InChI is InChI=1S/C11H18IN3/c12-11-3-1-10(2-4-11)9-15(7-5-13)8-6-14/h1-4H,5-9,13-14H2. The number of halogens is 1. The molecule has 84 valence electrons. The summed E-state index contributed by atoms with van der Waals surface area (Å²) in [5.74, 6) is 0. The zero-order chi connectivity index (χ0) is 11.1. The molecule has 0 amide bonds. The summed E-state index contributed by atoms with van der Waals surface area (Å²) in [7, 11) is 0. The van der Waals surface area contributed by atoms with Crippen molar-refractivity contribution in [2.24, 2.45) is 11.5 Å². The predicted molar refractivity (Wildman–Crippen MR) is 72.5 cm³/mol. The average molecular weight is 319 g/mol. The Bertz CT molecular complexity index is 268. The molecule has 1 aromatic rings. The third-order valence-corrected chi connectivity index (χ3v) is 2.93. The maximum atomic E-state index is 5.55. The average Bonchev–Trinajstić information content (AvgIpc) is 2.22. The molecule has 0 unspecified atom stereocenters. The van der Waals surface area contributed by atoms with Gasteiger partial charge in [-0.05, 0) is 40.3 Å². The minimum Gasteiger partial charge on any atom is -0.329 e. The number of nitrogens with zero attached hydrogens (tertiary/aromatic N) is 1. The van der Waals surface area contributed by atoms with Crippen LogP contribution in [0.2, 0.25) is 0 Å². The van der Waals surface area contributed by atoms with Crippen molar-refractivity contribution in [2.45, 2.75) is 6.54 Å². The molecule has 1 aromatic carbocycles. The lowest BCUT2D eigenvalue weighted by atomic mass is 10.2. The molecular weight excluding hydrogens is 301 g/mol. The fraction of sp³-hybridized carbons (Fsp3) is 0.455. The Labute approximate surface area is 105 Å². The molecule has 4 N–H and O–H groups in total. The van der Waals surface area contributed by atoms with Crippen LogP contribution in [0.5, 0.6) is 0 Å². The van der Waals surface area contributed by atoms with Gasteiger partial charge in [0.1, 0.15) is 0 Å². The van der Waals surface area contributed by atoms with E-state index in [0.717, 1.165) is 19.6 Å². The second-order valence-corrected chi connectivity index (χ2v) is 4.73. The normalized spacial score (nSPS) is 10.9. The molecule has 4 heteroatoms. The van der Waals surface area contributed by atoms with Gasteiger partial charge in [-0.15, -0.1) is 0 Å². The third kappa shape index (κ3) is 4.92. The molecule has 0 bridgehead atoms. The van der Waals surface area contributed by atoms with Gasteiger partial charge in [-0.2, -0.15) is 0 Å². The molecule has 0 aromatic heterocycles. The highest BCUT2D eigenvalue weighted by Gasteiger charge is 2.03. The lowest BCUT2D eigenvalue weighted by Crippen LogP contribution is -2.33. The van der Waals surface area contributed by atoms with Gasteiger partial charge in [-0.3, -0.25) is 4.90 Å². The van der Waals surface area contributed by atoms with E-state index >= 15 is 0 Å². The van der Waals surface area contributed by atoms with Crippen LogP contribution in [0, 0.1) is 3.57 Å². The monoisotopic (exact) mass is 319 g/mol. The van der Waals surface area contributed by atoms with Crippen molar-refractivity contribution in [3.05, 3.63) is 33.4 Å². The van der Waals surface area contributed by atoms with E-state index in [9.17, 15) is 0 Å². The van der Waals surface area contributed by atoms with Gasteiger partial charge in [0.2, 0.25) is 0 Å². The van der Waals surface area contributed by atoms with Gasteiger partial charge >= 0.3 is 0 Å². The minimum atomic E-state index is 0.685. The van der Waals surface area contributed by atoms with E-state index in [1.165, 1.54) is 9.13 Å². The van der Waals surface area contributed by atoms with Gasteiger partial charge in [0.05, 0.1) is 0 Å². The summed E-state index contributed by atoms with van der Waals surface area (Å²) >= 11 is 2.31. The van der Waals surface area contributed by atoms with Crippen LogP contribution < -0.4 is 11.5 Å². The highest BCUT2D eigenvalue weighted by molar-refractivity contribution is 14.1. The smallest absolute Gasteiger partial charge is 0.0234 e.